The number of nitrogens with one attached hydrogen (secondary N) is 1. The Balaban J connectivity index is 1.93. The second-order valence-corrected chi connectivity index (χ2v) is 3.32. The van der Waals surface area contributed by atoms with Crippen molar-refractivity contribution in [2.75, 3.05) is 26.2 Å². The summed E-state index contributed by atoms with van der Waals surface area (Å²) >= 11 is 0. The molecule has 0 aromatic rings. The van der Waals surface area contributed by atoms with Crippen molar-refractivity contribution >= 4 is 5.91 Å². The number of amides is 1. The number of carbonyl (C=O) groups excluding carboxylic acids is 1. The number of nitrogens with zero attached hydrogens (tertiary/aromatic N) is 1. The first-order valence-corrected chi connectivity index (χ1v) is 4.84. The highest BCUT2D eigenvalue weighted by Gasteiger charge is 2.25. The maximum absolute atomic E-state index is 11.8. The fraction of sp³-hybridized carbons (Fsp3) is 0.500. The number of carbonyl (C=O) groups is 1. The van der Waals surface area contributed by atoms with Crippen LogP contribution in [0.3, 0.4) is 0 Å². The SMILES string of the molecule is O=C([C@H]1CNCCO1)N1C=CC=CC1. The summed E-state index contributed by atoms with van der Waals surface area (Å²) in [5.74, 6) is 0.0396. The van der Waals surface area contributed by atoms with Crippen molar-refractivity contribution in [1.82, 2.24) is 10.2 Å². The van der Waals surface area contributed by atoms with Crippen molar-refractivity contribution in [2.45, 2.75) is 6.10 Å². The van der Waals surface area contributed by atoms with E-state index >= 15 is 0 Å². The Bertz CT molecular complexity index is 267. The van der Waals surface area contributed by atoms with Crippen LogP contribution in [0, 0.1) is 0 Å². The van der Waals surface area contributed by atoms with E-state index in [9.17, 15) is 4.79 Å². The first kappa shape index (κ1) is 9.43. The zero-order valence-electron chi connectivity index (χ0n) is 7.98. The first-order chi connectivity index (χ1) is 6.88. The molecule has 2 aliphatic rings. The predicted molar refractivity (Wildman–Crippen MR) is 52.6 cm³/mol. The zero-order valence-corrected chi connectivity index (χ0v) is 7.98. The van der Waals surface area contributed by atoms with Gasteiger partial charge in [-0.2, -0.15) is 0 Å². The van der Waals surface area contributed by atoms with E-state index in [-0.39, 0.29) is 12.0 Å². The molecule has 0 aromatic heterocycles. The molecule has 1 atom stereocenters. The molecule has 2 rings (SSSR count). The Morgan fingerprint density at radius 3 is 3.07 bits per heavy atom. The number of allylic oxidation sites excluding steroid dienone is 2. The van der Waals surface area contributed by atoms with Crippen molar-refractivity contribution in [3.05, 3.63) is 24.4 Å². The van der Waals surface area contributed by atoms with Gasteiger partial charge in [0.2, 0.25) is 0 Å². The smallest absolute Gasteiger partial charge is 0.257 e. The highest BCUT2D eigenvalue weighted by molar-refractivity contribution is 5.82. The summed E-state index contributed by atoms with van der Waals surface area (Å²) in [5.41, 5.74) is 0. The van der Waals surface area contributed by atoms with Gasteiger partial charge in [0, 0.05) is 25.8 Å². The molecule has 76 valence electrons. The number of hydrogen-bond donors (Lipinski definition) is 1. The van der Waals surface area contributed by atoms with E-state index in [1.54, 1.807) is 11.1 Å². The van der Waals surface area contributed by atoms with Gasteiger partial charge in [0.25, 0.3) is 5.91 Å². The third-order valence-electron chi connectivity index (χ3n) is 2.30. The van der Waals surface area contributed by atoms with Crippen molar-refractivity contribution in [1.29, 1.82) is 0 Å². The molecule has 0 aromatic carbocycles. The molecule has 4 heteroatoms. The summed E-state index contributed by atoms with van der Waals surface area (Å²) in [5, 5.41) is 3.14. The minimum Gasteiger partial charge on any atom is -0.366 e. The van der Waals surface area contributed by atoms with Gasteiger partial charge in [-0.1, -0.05) is 12.2 Å². The van der Waals surface area contributed by atoms with Crippen molar-refractivity contribution in [3.63, 3.8) is 0 Å². The Morgan fingerprint density at radius 1 is 1.50 bits per heavy atom. The molecule has 0 unspecified atom stereocenters. The Labute approximate surface area is 83.2 Å². The van der Waals surface area contributed by atoms with Crippen LogP contribution in [0.25, 0.3) is 0 Å². The standard InChI is InChI=1S/C10H14N2O2/c13-10(9-8-11-4-7-14-9)12-5-2-1-3-6-12/h1-3,5,9,11H,4,6-8H2/t9-/m1/s1. The molecular weight excluding hydrogens is 180 g/mol. The lowest BCUT2D eigenvalue weighted by atomic mass is 10.2. The number of hydrogen-bond acceptors (Lipinski definition) is 3. The van der Waals surface area contributed by atoms with E-state index in [0.29, 0.717) is 19.7 Å². The van der Waals surface area contributed by atoms with Gasteiger partial charge in [0.1, 0.15) is 6.10 Å². The lowest BCUT2D eigenvalue weighted by molar-refractivity contribution is -0.142. The molecule has 2 aliphatic heterocycles. The van der Waals surface area contributed by atoms with Crippen LogP contribution in [-0.4, -0.2) is 43.2 Å². The van der Waals surface area contributed by atoms with E-state index in [2.05, 4.69) is 5.32 Å². The van der Waals surface area contributed by atoms with E-state index in [4.69, 9.17) is 4.74 Å². The largest absolute Gasteiger partial charge is 0.366 e. The van der Waals surface area contributed by atoms with Gasteiger partial charge >= 0.3 is 0 Å². The van der Waals surface area contributed by atoms with Gasteiger partial charge in [-0.15, -0.1) is 0 Å². The number of morpholine rings is 1. The monoisotopic (exact) mass is 194 g/mol. The first-order valence-electron chi connectivity index (χ1n) is 4.84. The van der Waals surface area contributed by atoms with E-state index in [0.717, 1.165) is 6.54 Å². The predicted octanol–water partition coefficient (Wildman–Crippen LogP) is -0.113. The lowest BCUT2D eigenvalue weighted by Crippen LogP contribution is -2.48. The van der Waals surface area contributed by atoms with Crippen LogP contribution in [0.5, 0.6) is 0 Å². The second-order valence-electron chi connectivity index (χ2n) is 3.32. The number of ether oxygens (including phenoxy) is 1. The third-order valence-corrected chi connectivity index (χ3v) is 2.30. The highest BCUT2D eigenvalue weighted by atomic mass is 16.5. The van der Waals surface area contributed by atoms with Crippen molar-refractivity contribution in [2.24, 2.45) is 0 Å². The van der Waals surface area contributed by atoms with Crippen molar-refractivity contribution < 1.29 is 9.53 Å². The molecule has 0 radical (unpaired) electrons. The summed E-state index contributed by atoms with van der Waals surface area (Å²) < 4.78 is 5.38. The molecule has 2 heterocycles. The molecule has 0 bridgehead atoms. The van der Waals surface area contributed by atoms with Crippen molar-refractivity contribution in [3.8, 4) is 0 Å². The van der Waals surface area contributed by atoms with E-state index in [1.807, 2.05) is 18.2 Å². The van der Waals surface area contributed by atoms with E-state index in [1.165, 1.54) is 0 Å². The van der Waals surface area contributed by atoms with Gasteiger partial charge in [0.05, 0.1) is 6.61 Å². The van der Waals surface area contributed by atoms with Crippen LogP contribution in [0.15, 0.2) is 24.4 Å². The molecule has 0 spiro atoms. The van der Waals surface area contributed by atoms with Gasteiger partial charge < -0.3 is 15.0 Å². The van der Waals surface area contributed by atoms with E-state index < -0.39 is 0 Å². The molecule has 0 saturated carbocycles. The maximum Gasteiger partial charge on any atom is 0.257 e. The summed E-state index contributed by atoms with van der Waals surface area (Å²) in [6, 6.07) is 0. The summed E-state index contributed by atoms with van der Waals surface area (Å²) in [6.45, 7) is 2.71. The van der Waals surface area contributed by atoms with Gasteiger partial charge in [-0.05, 0) is 6.08 Å². The van der Waals surface area contributed by atoms with Crippen LogP contribution in [0.4, 0.5) is 0 Å². The quantitative estimate of drug-likeness (QED) is 0.633. The highest BCUT2D eigenvalue weighted by Crippen LogP contribution is 2.06. The Kier molecular flexibility index (Phi) is 2.96. The molecule has 0 aliphatic carbocycles. The third kappa shape index (κ3) is 2.02. The fourth-order valence-corrected chi connectivity index (χ4v) is 1.54. The minimum atomic E-state index is -0.320. The number of rotatable bonds is 1. The van der Waals surface area contributed by atoms with Crippen LogP contribution >= 0.6 is 0 Å². The van der Waals surface area contributed by atoms with Crippen LogP contribution < -0.4 is 5.32 Å². The van der Waals surface area contributed by atoms with Crippen LogP contribution in [-0.2, 0) is 9.53 Å². The summed E-state index contributed by atoms with van der Waals surface area (Å²) in [4.78, 5) is 13.5. The van der Waals surface area contributed by atoms with Gasteiger partial charge in [-0.25, -0.2) is 0 Å². The molecule has 1 fully saturated rings. The maximum atomic E-state index is 11.8. The summed E-state index contributed by atoms with van der Waals surface area (Å²) in [6.07, 6.45) is 7.22. The normalized spacial score (nSPS) is 26.6. The molecule has 4 nitrogen and oxygen atoms in total. The fourth-order valence-electron chi connectivity index (χ4n) is 1.54. The molecule has 1 N–H and O–H groups in total. The molecular formula is C10H14N2O2. The van der Waals surface area contributed by atoms with Crippen LogP contribution in [0.1, 0.15) is 0 Å². The Hall–Kier alpha value is -1.13. The zero-order chi connectivity index (χ0) is 9.80. The van der Waals surface area contributed by atoms with Gasteiger partial charge in [0.15, 0.2) is 0 Å². The average Bonchev–Trinajstić information content (AvgIpc) is 2.30. The Morgan fingerprint density at radius 2 is 2.43 bits per heavy atom. The molecule has 14 heavy (non-hydrogen) atoms. The topological polar surface area (TPSA) is 41.6 Å². The second kappa shape index (κ2) is 4.39. The summed E-state index contributed by atoms with van der Waals surface area (Å²) in [7, 11) is 0. The van der Waals surface area contributed by atoms with Gasteiger partial charge in [-0.3, -0.25) is 4.79 Å². The lowest BCUT2D eigenvalue weighted by Gasteiger charge is -2.27. The average molecular weight is 194 g/mol. The molecule has 1 saturated heterocycles. The minimum absolute atomic E-state index is 0.0396. The van der Waals surface area contributed by atoms with Crippen LogP contribution in [0.2, 0.25) is 0 Å². The molecule has 1 amide bonds.